The molecule has 0 bridgehead atoms. The van der Waals surface area contributed by atoms with E-state index in [0.29, 0.717) is 6.54 Å². The van der Waals surface area contributed by atoms with Crippen LogP contribution in [0.15, 0.2) is 30.3 Å². The normalized spacial score (nSPS) is 20.6. The van der Waals surface area contributed by atoms with Crippen LogP contribution in [0.25, 0.3) is 0 Å². The van der Waals surface area contributed by atoms with E-state index < -0.39 is 11.7 Å². The van der Waals surface area contributed by atoms with Gasteiger partial charge in [0.2, 0.25) is 0 Å². The summed E-state index contributed by atoms with van der Waals surface area (Å²) in [6, 6.07) is 9.23. The Balaban J connectivity index is 2.01. The molecule has 1 fully saturated rings. The molecule has 1 saturated heterocycles. The Hall–Kier alpha value is -1.55. The largest absolute Gasteiger partial charge is 0.444 e. The molecule has 1 N–H and O–H groups in total. The number of rotatable bonds is 2. The van der Waals surface area contributed by atoms with E-state index in [2.05, 4.69) is 0 Å². The van der Waals surface area contributed by atoms with Crippen molar-refractivity contribution in [3.63, 3.8) is 0 Å². The first-order chi connectivity index (χ1) is 8.88. The Morgan fingerprint density at radius 3 is 2.47 bits per heavy atom. The molecule has 1 amide bonds. The van der Waals surface area contributed by atoms with E-state index >= 15 is 0 Å². The maximum atomic E-state index is 12.0. The Kier molecular flexibility index (Phi) is 3.80. The molecule has 19 heavy (non-hydrogen) atoms. The monoisotopic (exact) mass is 263 g/mol. The van der Waals surface area contributed by atoms with Gasteiger partial charge in [0.05, 0.1) is 12.1 Å². The van der Waals surface area contributed by atoms with Crippen LogP contribution in [-0.2, 0) is 4.74 Å². The zero-order valence-electron chi connectivity index (χ0n) is 11.7. The molecule has 1 aromatic carbocycles. The minimum Gasteiger partial charge on any atom is -0.444 e. The Morgan fingerprint density at radius 2 is 2.00 bits per heavy atom. The molecular formula is C15H21NO3. The summed E-state index contributed by atoms with van der Waals surface area (Å²) >= 11 is 0. The van der Waals surface area contributed by atoms with E-state index in [1.807, 2.05) is 51.1 Å². The fourth-order valence-electron chi connectivity index (χ4n) is 2.16. The van der Waals surface area contributed by atoms with Gasteiger partial charge in [-0.25, -0.2) is 4.79 Å². The highest BCUT2D eigenvalue weighted by Crippen LogP contribution is 2.31. The SMILES string of the molecule is CC(C)(C)OC(=O)N1CC[C@H]1[C@@H](O)c1ccccc1. The molecule has 2 rings (SSSR count). The number of hydrogen-bond acceptors (Lipinski definition) is 3. The van der Waals surface area contributed by atoms with Gasteiger partial charge in [0.1, 0.15) is 5.60 Å². The number of aliphatic hydroxyl groups is 1. The lowest BCUT2D eigenvalue weighted by molar-refractivity contribution is -0.0409. The van der Waals surface area contributed by atoms with Crippen LogP contribution in [0.4, 0.5) is 4.79 Å². The van der Waals surface area contributed by atoms with Gasteiger partial charge in [-0.3, -0.25) is 0 Å². The van der Waals surface area contributed by atoms with Crippen LogP contribution in [0.2, 0.25) is 0 Å². The number of likely N-dealkylation sites (tertiary alicyclic amines) is 1. The van der Waals surface area contributed by atoms with Crippen LogP contribution >= 0.6 is 0 Å². The molecule has 0 saturated carbocycles. The lowest BCUT2D eigenvalue weighted by atomic mass is 9.93. The van der Waals surface area contributed by atoms with E-state index in [0.717, 1.165) is 12.0 Å². The summed E-state index contributed by atoms with van der Waals surface area (Å²) in [5.74, 6) is 0. The molecule has 1 heterocycles. The van der Waals surface area contributed by atoms with Gasteiger partial charge in [-0.1, -0.05) is 30.3 Å². The number of aliphatic hydroxyl groups excluding tert-OH is 1. The maximum Gasteiger partial charge on any atom is 0.410 e. The number of carbonyl (C=O) groups excluding carboxylic acids is 1. The number of nitrogens with zero attached hydrogens (tertiary/aromatic N) is 1. The van der Waals surface area contributed by atoms with Crippen LogP contribution in [0, 0.1) is 0 Å². The van der Waals surface area contributed by atoms with Crippen molar-refractivity contribution in [1.29, 1.82) is 0 Å². The van der Waals surface area contributed by atoms with Crippen molar-refractivity contribution in [2.75, 3.05) is 6.54 Å². The third-order valence-electron chi connectivity index (χ3n) is 3.20. The maximum absolute atomic E-state index is 12.0. The molecule has 1 aliphatic heterocycles. The number of amides is 1. The molecule has 1 aliphatic rings. The predicted molar refractivity (Wildman–Crippen MR) is 72.7 cm³/mol. The molecule has 2 atom stereocenters. The van der Waals surface area contributed by atoms with E-state index in [4.69, 9.17) is 4.74 Å². The second-order valence-electron chi connectivity index (χ2n) is 5.89. The first kappa shape index (κ1) is 13.9. The number of hydrogen-bond donors (Lipinski definition) is 1. The minimum atomic E-state index is -0.650. The average molecular weight is 263 g/mol. The molecule has 0 spiro atoms. The molecule has 4 heteroatoms. The number of ether oxygens (including phenoxy) is 1. The molecule has 0 radical (unpaired) electrons. The van der Waals surface area contributed by atoms with Crippen molar-refractivity contribution in [2.24, 2.45) is 0 Å². The molecule has 104 valence electrons. The van der Waals surface area contributed by atoms with Gasteiger partial charge in [0.15, 0.2) is 0 Å². The summed E-state index contributed by atoms with van der Waals surface area (Å²) in [6.45, 7) is 6.16. The van der Waals surface area contributed by atoms with Gasteiger partial charge in [-0.2, -0.15) is 0 Å². The fourth-order valence-corrected chi connectivity index (χ4v) is 2.16. The summed E-state index contributed by atoms with van der Waals surface area (Å²) in [4.78, 5) is 13.6. The fraction of sp³-hybridized carbons (Fsp3) is 0.533. The second-order valence-corrected chi connectivity index (χ2v) is 5.89. The van der Waals surface area contributed by atoms with Crippen molar-refractivity contribution >= 4 is 6.09 Å². The summed E-state index contributed by atoms with van der Waals surface area (Å²) in [5.41, 5.74) is 0.329. The smallest absolute Gasteiger partial charge is 0.410 e. The third kappa shape index (κ3) is 3.26. The molecule has 4 nitrogen and oxygen atoms in total. The van der Waals surface area contributed by atoms with Gasteiger partial charge in [-0.15, -0.1) is 0 Å². The third-order valence-corrected chi connectivity index (χ3v) is 3.20. The van der Waals surface area contributed by atoms with E-state index in [-0.39, 0.29) is 12.1 Å². The summed E-state index contributed by atoms with van der Waals surface area (Å²) in [7, 11) is 0. The highest BCUT2D eigenvalue weighted by Gasteiger charge is 2.39. The highest BCUT2D eigenvalue weighted by atomic mass is 16.6. The highest BCUT2D eigenvalue weighted by molar-refractivity contribution is 5.69. The van der Waals surface area contributed by atoms with E-state index in [1.54, 1.807) is 4.90 Å². The van der Waals surface area contributed by atoms with Crippen molar-refractivity contribution in [1.82, 2.24) is 4.90 Å². The number of carbonyl (C=O) groups is 1. The van der Waals surface area contributed by atoms with Gasteiger partial charge in [0, 0.05) is 6.54 Å². The van der Waals surface area contributed by atoms with E-state index in [9.17, 15) is 9.90 Å². The molecule has 1 aromatic rings. The first-order valence-corrected chi connectivity index (χ1v) is 6.61. The quantitative estimate of drug-likeness (QED) is 0.892. The van der Waals surface area contributed by atoms with Gasteiger partial charge in [-0.05, 0) is 32.8 Å². The van der Waals surface area contributed by atoms with Gasteiger partial charge >= 0.3 is 6.09 Å². The van der Waals surface area contributed by atoms with Crippen molar-refractivity contribution in [3.05, 3.63) is 35.9 Å². The Bertz CT molecular complexity index is 438. The molecule has 0 aromatic heterocycles. The number of benzene rings is 1. The first-order valence-electron chi connectivity index (χ1n) is 6.61. The molecular weight excluding hydrogens is 242 g/mol. The summed E-state index contributed by atoms with van der Waals surface area (Å²) in [5, 5.41) is 10.3. The standard InChI is InChI=1S/C15H21NO3/c1-15(2,3)19-14(18)16-10-9-12(16)13(17)11-7-5-4-6-8-11/h4-8,12-13,17H,9-10H2,1-3H3/t12-,13-/m0/s1. The topological polar surface area (TPSA) is 49.8 Å². The van der Waals surface area contributed by atoms with Crippen LogP contribution in [0.5, 0.6) is 0 Å². The lowest BCUT2D eigenvalue weighted by Gasteiger charge is -2.43. The lowest BCUT2D eigenvalue weighted by Crippen LogP contribution is -2.55. The average Bonchev–Trinajstić information content (AvgIpc) is 2.26. The van der Waals surface area contributed by atoms with Gasteiger partial charge < -0.3 is 14.7 Å². The summed E-state index contributed by atoms with van der Waals surface area (Å²) < 4.78 is 5.33. The zero-order valence-corrected chi connectivity index (χ0v) is 11.7. The van der Waals surface area contributed by atoms with Gasteiger partial charge in [0.25, 0.3) is 0 Å². The van der Waals surface area contributed by atoms with Crippen LogP contribution < -0.4 is 0 Å². The van der Waals surface area contributed by atoms with Crippen molar-refractivity contribution < 1.29 is 14.6 Å². The molecule has 0 unspecified atom stereocenters. The van der Waals surface area contributed by atoms with Crippen molar-refractivity contribution in [3.8, 4) is 0 Å². The van der Waals surface area contributed by atoms with Crippen molar-refractivity contribution in [2.45, 2.75) is 44.9 Å². The predicted octanol–water partition coefficient (Wildman–Crippen LogP) is 2.73. The second kappa shape index (κ2) is 5.21. The molecule has 0 aliphatic carbocycles. The zero-order chi connectivity index (χ0) is 14.0. The van der Waals surface area contributed by atoms with E-state index in [1.165, 1.54) is 0 Å². The minimum absolute atomic E-state index is 0.183. The Morgan fingerprint density at radius 1 is 1.37 bits per heavy atom. The van der Waals surface area contributed by atoms with Crippen LogP contribution in [-0.4, -0.2) is 34.3 Å². The summed E-state index contributed by atoms with van der Waals surface area (Å²) in [6.07, 6.45) is -0.198. The Labute approximate surface area is 114 Å². The van der Waals surface area contributed by atoms with Crippen LogP contribution in [0.3, 0.4) is 0 Å². The van der Waals surface area contributed by atoms with Crippen LogP contribution in [0.1, 0.15) is 38.9 Å².